The monoisotopic (exact) mass is 446 g/mol. The number of nitrogens with zero attached hydrogens (tertiary/aromatic N) is 2. The van der Waals surface area contributed by atoms with Gasteiger partial charge in [0.05, 0.1) is 25.9 Å². The number of para-hydroxylation sites is 1. The normalized spacial score (nSPS) is 17.3. The Kier molecular flexibility index (Phi) is 7.89. The van der Waals surface area contributed by atoms with Gasteiger partial charge in [0.2, 0.25) is 5.91 Å². The molecule has 6 heteroatoms. The maximum atomic E-state index is 12.6. The molecule has 0 aliphatic carbocycles. The van der Waals surface area contributed by atoms with Crippen LogP contribution in [0, 0.1) is 0 Å². The van der Waals surface area contributed by atoms with Gasteiger partial charge in [-0.2, -0.15) is 0 Å². The van der Waals surface area contributed by atoms with E-state index in [9.17, 15) is 4.79 Å². The molecule has 2 aromatic carbocycles. The third-order valence-corrected chi connectivity index (χ3v) is 5.30. The zero-order chi connectivity index (χ0) is 19.8. The van der Waals surface area contributed by atoms with Crippen molar-refractivity contribution in [3.05, 3.63) is 64.6 Å². The number of amides is 1. The van der Waals surface area contributed by atoms with Gasteiger partial charge in [-0.05, 0) is 36.2 Å². The summed E-state index contributed by atoms with van der Waals surface area (Å²) in [5, 5.41) is 0. The van der Waals surface area contributed by atoms with Gasteiger partial charge in [0.15, 0.2) is 0 Å². The second-order valence-electron chi connectivity index (χ2n) is 6.98. The molecular formula is C22H27BrN2O3. The summed E-state index contributed by atoms with van der Waals surface area (Å²) in [6.45, 7) is 3.85. The van der Waals surface area contributed by atoms with E-state index in [1.807, 2.05) is 49.5 Å². The van der Waals surface area contributed by atoms with Crippen molar-refractivity contribution in [3.63, 3.8) is 0 Å². The van der Waals surface area contributed by atoms with Gasteiger partial charge in [-0.3, -0.25) is 9.69 Å². The highest BCUT2D eigenvalue weighted by Crippen LogP contribution is 2.24. The lowest BCUT2D eigenvalue weighted by molar-refractivity contribution is -0.133. The lowest BCUT2D eigenvalue weighted by Crippen LogP contribution is -2.45. The molecule has 0 spiro atoms. The van der Waals surface area contributed by atoms with Gasteiger partial charge in [0.1, 0.15) is 5.75 Å². The molecule has 5 nitrogen and oxygen atoms in total. The Bertz CT molecular complexity index is 756. The molecule has 0 saturated carbocycles. The van der Waals surface area contributed by atoms with Gasteiger partial charge >= 0.3 is 0 Å². The molecule has 1 unspecified atom stereocenters. The minimum absolute atomic E-state index is 0.00336. The Morgan fingerprint density at radius 2 is 2.07 bits per heavy atom. The molecule has 1 heterocycles. The molecule has 3 rings (SSSR count). The van der Waals surface area contributed by atoms with Crippen molar-refractivity contribution in [2.24, 2.45) is 0 Å². The lowest BCUT2D eigenvalue weighted by Gasteiger charge is -2.33. The SMILES string of the molecule is CN(CCCOc1ccccc1)C(=O)CN1CCOC(c2cccc(Br)c2)C1. The van der Waals surface area contributed by atoms with Gasteiger partial charge in [-0.25, -0.2) is 0 Å². The van der Waals surface area contributed by atoms with Crippen molar-refractivity contribution in [1.29, 1.82) is 0 Å². The Morgan fingerprint density at radius 3 is 2.86 bits per heavy atom. The predicted octanol–water partition coefficient (Wildman–Crippen LogP) is 3.75. The number of carbonyl (C=O) groups is 1. The molecule has 28 heavy (non-hydrogen) atoms. The Morgan fingerprint density at radius 1 is 1.25 bits per heavy atom. The second kappa shape index (κ2) is 10.6. The van der Waals surface area contributed by atoms with Crippen LogP contribution in [-0.2, 0) is 9.53 Å². The molecule has 2 aromatic rings. The number of morpholine rings is 1. The van der Waals surface area contributed by atoms with Crippen LogP contribution < -0.4 is 4.74 Å². The third-order valence-electron chi connectivity index (χ3n) is 4.81. The standard InChI is InChI=1S/C22H27BrN2O3/c1-24(11-6-13-27-20-9-3-2-4-10-20)22(26)17-25-12-14-28-21(16-25)18-7-5-8-19(23)15-18/h2-5,7-10,15,21H,6,11-14,16-17H2,1H3. The van der Waals surface area contributed by atoms with Crippen molar-refractivity contribution in [2.75, 3.05) is 46.4 Å². The van der Waals surface area contributed by atoms with Crippen molar-refractivity contribution >= 4 is 21.8 Å². The first-order valence-corrected chi connectivity index (χ1v) is 10.4. The zero-order valence-corrected chi connectivity index (χ0v) is 17.8. The fraction of sp³-hybridized carbons (Fsp3) is 0.409. The van der Waals surface area contributed by atoms with E-state index in [1.165, 1.54) is 0 Å². The van der Waals surface area contributed by atoms with Crippen LogP contribution in [-0.4, -0.2) is 62.1 Å². The highest BCUT2D eigenvalue weighted by Gasteiger charge is 2.24. The number of rotatable bonds is 8. The molecule has 0 bridgehead atoms. The molecule has 0 aromatic heterocycles. The average Bonchev–Trinajstić information content (AvgIpc) is 2.72. The van der Waals surface area contributed by atoms with E-state index in [2.05, 4.69) is 33.0 Å². The van der Waals surface area contributed by atoms with Gasteiger partial charge < -0.3 is 14.4 Å². The van der Waals surface area contributed by atoms with Crippen LogP contribution in [0.5, 0.6) is 5.75 Å². The van der Waals surface area contributed by atoms with Crippen LogP contribution in [0.2, 0.25) is 0 Å². The molecule has 1 saturated heterocycles. The van der Waals surface area contributed by atoms with E-state index in [4.69, 9.17) is 9.47 Å². The first kappa shape index (κ1) is 20.8. The lowest BCUT2D eigenvalue weighted by atomic mass is 10.1. The molecule has 1 aliphatic rings. The van der Waals surface area contributed by atoms with E-state index in [0.29, 0.717) is 26.3 Å². The summed E-state index contributed by atoms with van der Waals surface area (Å²) in [4.78, 5) is 16.5. The summed E-state index contributed by atoms with van der Waals surface area (Å²) < 4.78 is 12.6. The Hall–Kier alpha value is -1.89. The topological polar surface area (TPSA) is 42.0 Å². The van der Waals surface area contributed by atoms with Crippen molar-refractivity contribution in [3.8, 4) is 5.75 Å². The van der Waals surface area contributed by atoms with Crippen LogP contribution in [0.1, 0.15) is 18.1 Å². The predicted molar refractivity (Wildman–Crippen MR) is 113 cm³/mol. The van der Waals surface area contributed by atoms with Crippen LogP contribution in [0.15, 0.2) is 59.1 Å². The van der Waals surface area contributed by atoms with Gasteiger partial charge in [-0.1, -0.05) is 46.3 Å². The fourth-order valence-corrected chi connectivity index (χ4v) is 3.62. The van der Waals surface area contributed by atoms with E-state index in [-0.39, 0.29) is 12.0 Å². The smallest absolute Gasteiger partial charge is 0.236 e. The molecule has 0 radical (unpaired) electrons. The average molecular weight is 447 g/mol. The van der Waals surface area contributed by atoms with E-state index >= 15 is 0 Å². The minimum Gasteiger partial charge on any atom is -0.494 e. The first-order valence-electron chi connectivity index (χ1n) is 9.63. The van der Waals surface area contributed by atoms with Crippen molar-refractivity contribution in [1.82, 2.24) is 9.80 Å². The largest absolute Gasteiger partial charge is 0.494 e. The van der Waals surface area contributed by atoms with E-state index in [1.54, 1.807) is 4.90 Å². The molecule has 1 aliphatic heterocycles. The third kappa shape index (κ3) is 6.33. The van der Waals surface area contributed by atoms with Crippen LogP contribution >= 0.6 is 15.9 Å². The van der Waals surface area contributed by atoms with Gasteiger partial charge in [-0.15, -0.1) is 0 Å². The summed E-state index contributed by atoms with van der Waals surface area (Å²) in [5.41, 5.74) is 1.14. The fourth-order valence-electron chi connectivity index (χ4n) is 3.20. The summed E-state index contributed by atoms with van der Waals surface area (Å²) in [6, 6.07) is 17.9. The second-order valence-corrected chi connectivity index (χ2v) is 7.90. The van der Waals surface area contributed by atoms with E-state index < -0.39 is 0 Å². The summed E-state index contributed by atoms with van der Waals surface area (Å²) in [5.74, 6) is 0.998. The number of halogens is 1. The number of hydrogen-bond donors (Lipinski definition) is 0. The van der Waals surface area contributed by atoms with Gasteiger partial charge in [0.25, 0.3) is 0 Å². The maximum Gasteiger partial charge on any atom is 0.236 e. The summed E-state index contributed by atoms with van der Waals surface area (Å²) >= 11 is 3.51. The molecular weight excluding hydrogens is 420 g/mol. The Labute approximate surface area is 175 Å². The van der Waals surface area contributed by atoms with Crippen molar-refractivity contribution < 1.29 is 14.3 Å². The molecule has 1 fully saturated rings. The van der Waals surface area contributed by atoms with Crippen LogP contribution in [0.3, 0.4) is 0 Å². The number of likely N-dealkylation sites (N-methyl/N-ethyl adjacent to an activating group) is 1. The zero-order valence-electron chi connectivity index (χ0n) is 16.2. The van der Waals surface area contributed by atoms with Crippen LogP contribution in [0.25, 0.3) is 0 Å². The van der Waals surface area contributed by atoms with Gasteiger partial charge in [0, 0.05) is 31.2 Å². The maximum absolute atomic E-state index is 12.6. The number of hydrogen-bond acceptors (Lipinski definition) is 4. The highest BCUT2D eigenvalue weighted by molar-refractivity contribution is 9.10. The molecule has 0 N–H and O–H groups in total. The van der Waals surface area contributed by atoms with Crippen LogP contribution in [0.4, 0.5) is 0 Å². The number of ether oxygens (including phenoxy) is 2. The highest BCUT2D eigenvalue weighted by atomic mass is 79.9. The Balaban J connectivity index is 1.40. The summed E-state index contributed by atoms with van der Waals surface area (Å²) in [7, 11) is 1.86. The quantitative estimate of drug-likeness (QED) is 0.579. The minimum atomic E-state index is 0.00336. The molecule has 1 amide bonds. The molecule has 1 atom stereocenters. The van der Waals surface area contributed by atoms with E-state index in [0.717, 1.165) is 35.3 Å². The van der Waals surface area contributed by atoms with Crippen molar-refractivity contribution in [2.45, 2.75) is 12.5 Å². The number of carbonyl (C=O) groups excluding carboxylic acids is 1. The number of benzene rings is 2. The molecule has 150 valence electrons. The summed E-state index contributed by atoms with van der Waals surface area (Å²) in [6.07, 6.45) is 0.810. The first-order chi connectivity index (χ1) is 13.6.